The minimum absolute atomic E-state index is 0.136. The van der Waals surface area contributed by atoms with Crippen molar-refractivity contribution in [2.45, 2.75) is 13.3 Å². The van der Waals surface area contributed by atoms with Crippen LogP contribution >= 0.6 is 0 Å². The molecule has 0 saturated heterocycles. The number of amides is 2. The Morgan fingerprint density at radius 3 is 2.36 bits per heavy atom. The van der Waals surface area contributed by atoms with Gasteiger partial charge in [-0.3, -0.25) is 9.59 Å². The van der Waals surface area contributed by atoms with E-state index in [0.717, 1.165) is 11.3 Å². The van der Waals surface area contributed by atoms with Gasteiger partial charge < -0.3 is 19.7 Å². The van der Waals surface area contributed by atoms with Crippen molar-refractivity contribution in [2.24, 2.45) is 0 Å². The van der Waals surface area contributed by atoms with Crippen molar-refractivity contribution in [3.05, 3.63) is 59.7 Å². The predicted octanol–water partition coefficient (Wildman–Crippen LogP) is 2.19. The van der Waals surface area contributed by atoms with E-state index in [1.165, 1.54) is 25.0 Å². The van der Waals surface area contributed by atoms with Crippen molar-refractivity contribution >= 4 is 23.5 Å². The molecule has 0 saturated carbocycles. The highest BCUT2D eigenvalue weighted by molar-refractivity contribution is 5.99. The van der Waals surface area contributed by atoms with Gasteiger partial charge in [0, 0.05) is 19.2 Å². The number of rotatable bonds is 8. The van der Waals surface area contributed by atoms with Gasteiger partial charge in [0.15, 0.2) is 0 Å². The lowest BCUT2D eigenvalue weighted by Gasteiger charge is -2.21. The zero-order valence-corrected chi connectivity index (χ0v) is 16.2. The largest absolute Gasteiger partial charge is 0.497 e. The lowest BCUT2D eigenvalue weighted by molar-refractivity contribution is -0.123. The molecule has 0 aliphatic heterocycles. The molecule has 148 valence electrons. The monoisotopic (exact) mass is 384 g/mol. The van der Waals surface area contributed by atoms with Crippen LogP contribution in [0, 0.1) is 0 Å². The third-order valence-corrected chi connectivity index (χ3v) is 4.16. The summed E-state index contributed by atoms with van der Waals surface area (Å²) in [5.41, 5.74) is 1.84. The molecule has 2 aromatic rings. The minimum Gasteiger partial charge on any atom is -0.497 e. The molecule has 1 N–H and O–H groups in total. The lowest BCUT2D eigenvalue weighted by Crippen LogP contribution is -2.40. The van der Waals surface area contributed by atoms with Crippen LogP contribution in [0.5, 0.6) is 5.75 Å². The fourth-order valence-electron chi connectivity index (χ4n) is 2.64. The Hall–Kier alpha value is -3.35. The fourth-order valence-corrected chi connectivity index (χ4v) is 2.64. The van der Waals surface area contributed by atoms with Crippen LogP contribution in [0.4, 0.5) is 5.69 Å². The van der Waals surface area contributed by atoms with E-state index in [-0.39, 0.29) is 18.4 Å². The standard InChI is InChI=1S/C21H24N2O5/c1-15(24)23(18-6-4-5-17(13-18)21(26)28-3)14-20(25)22-12-11-16-7-9-19(27-2)10-8-16/h4-10,13H,11-12,14H2,1-3H3,(H,22,25). The molecule has 0 unspecified atom stereocenters. The first-order valence-corrected chi connectivity index (χ1v) is 8.80. The van der Waals surface area contributed by atoms with E-state index in [1.54, 1.807) is 25.3 Å². The molecule has 0 radical (unpaired) electrons. The second-order valence-electron chi connectivity index (χ2n) is 6.10. The number of hydrogen-bond donors (Lipinski definition) is 1. The number of anilines is 1. The maximum absolute atomic E-state index is 12.3. The second-order valence-corrected chi connectivity index (χ2v) is 6.10. The van der Waals surface area contributed by atoms with Gasteiger partial charge in [0.25, 0.3) is 0 Å². The Morgan fingerprint density at radius 1 is 1.04 bits per heavy atom. The summed E-state index contributed by atoms with van der Waals surface area (Å²) in [5, 5.41) is 2.81. The van der Waals surface area contributed by atoms with E-state index < -0.39 is 5.97 Å². The Balaban J connectivity index is 1.95. The van der Waals surface area contributed by atoms with Crippen LogP contribution < -0.4 is 15.0 Å². The number of ether oxygens (including phenoxy) is 2. The van der Waals surface area contributed by atoms with Crippen molar-refractivity contribution in [3.63, 3.8) is 0 Å². The van der Waals surface area contributed by atoms with Gasteiger partial charge in [-0.1, -0.05) is 18.2 Å². The Kier molecular flexibility index (Phi) is 7.56. The van der Waals surface area contributed by atoms with E-state index in [0.29, 0.717) is 24.2 Å². The maximum Gasteiger partial charge on any atom is 0.337 e. The average molecular weight is 384 g/mol. The van der Waals surface area contributed by atoms with Gasteiger partial charge in [-0.2, -0.15) is 0 Å². The van der Waals surface area contributed by atoms with Crippen molar-refractivity contribution in [2.75, 3.05) is 32.2 Å². The first kappa shape index (κ1) is 21.0. The molecule has 2 aromatic carbocycles. The summed E-state index contributed by atoms with van der Waals surface area (Å²) >= 11 is 0. The summed E-state index contributed by atoms with van der Waals surface area (Å²) < 4.78 is 9.81. The molecule has 0 heterocycles. The van der Waals surface area contributed by atoms with Crippen LogP contribution in [0.25, 0.3) is 0 Å². The molecule has 7 heteroatoms. The highest BCUT2D eigenvalue weighted by Gasteiger charge is 2.17. The number of carbonyl (C=O) groups is 3. The van der Waals surface area contributed by atoms with E-state index >= 15 is 0 Å². The first-order valence-electron chi connectivity index (χ1n) is 8.80. The van der Waals surface area contributed by atoms with Gasteiger partial charge in [0.2, 0.25) is 11.8 Å². The summed E-state index contributed by atoms with van der Waals surface area (Å²) in [4.78, 5) is 37.3. The molecule has 2 rings (SSSR count). The molecule has 0 aliphatic carbocycles. The molecule has 7 nitrogen and oxygen atoms in total. The van der Waals surface area contributed by atoms with E-state index in [4.69, 9.17) is 9.47 Å². The normalized spacial score (nSPS) is 10.1. The second kappa shape index (κ2) is 10.1. The minimum atomic E-state index is -0.505. The van der Waals surface area contributed by atoms with Crippen molar-refractivity contribution in [1.29, 1.82) is 0 Å². The summed E-state index contributed by atoms with van der Waals surface area (Å²) in [7, 11) is 2.89. The Morgan fingerprint density at radius 2 is 1.75 bits per heavy atom. The number of methoxy groups -OCH3 is 2. The number of esters is 1. The van der Waals surface area contributed by atoms with Gasteiger partial charge in [0.1, 0.15) is 12.3 Å². The van der Waals surface area contributed by atoms with E-state index in [1.807, 2.05) is 24.3 Å². The molecular weight excluding hydrogens is 360 g/mol. The molecule has 0 aromatic heterocycles. The van der Waals surface area contributed by atoms with E-state index in [2.05, 4.69) is 5.32 Å². The zero-order chi connectivity index (χ0) is 20.5. The number of hydrogen-bond acceptors (Lipinski definition) is 5. The van der Waals surface area contributed by atoms with Gasteiger partial charge >= 0.3 is 5.97 Å². The van der Waals surface area contributed by atoms with Crippen molar-refractivity contribution in [3.8, 4) is 5.75 Å². The number of benzene rings is 2. The molecule has 0 aliphatic rings. The van der Waals surface area contributed by atoms with E-state index in [9.17, 15) is 14.4 Å². The molecular formula is C21H24N2O5. The zero-order valence-electron chi connectivity index (χ0n) is 16.2. The van der Waals surface area contributed by atoms with Gasteiger partial charge in [-0.15, -0.1) is 0 Å². The molecule has 0 atom stereocenters. The first-order chi connectivity index (χ1) is 13.4. The van der Waals surface area contributed by atoms with Crippen LogP contribution in [-0.4, -0.2) is 45.1 Å². The van der Waals surface area contributed by atoms with Gasteiger partial charge in [0.05, 0.1) is 19.8 Å². The number of nitrogens with zero attached hydrogens (tertiary/aromatic N) is 1. The van der Waals surface area contributed by atoms with Crippen LogP contribution in [0.15, 0.2) is 48.5 Å². The van der Waals surface area contributed by atoms with Crippen LogP contribution in [0.2, 0.25) is 0 Å². The predicted molar refractivity (Wildman–Crippen MR) is 106 cm³/mol. The molecule has 0 bridgehead atoms. The number of nitrogens with one attached hydrogen (secondary N) is 1. The summed E-state index contributed by atoms with van der Waals surface area (Å²) in [6.45, 7) is 1.68. The molecule has 0 spiro atoms. The van der Waals surface area contributed by atoms with Crippen LogP contribution in [0.1, 0.15) is 22.8 Å². The maximum atomic E-state index is 12.3. The Labute approximate surface area is 164 Å². The van der Waals surface area contributed by atoms with Gasteiger partial charge in [-0.25, -0.2) is 4.79 Å². The highest BCUT2D eigenvalue weighted by atomic mass is 16.5. The fraction of sp³-hybridized carbons (Fsp3) is 0.286. The third-order valence-electron chi connectivity index (χ3n) is 4.16. The van der Waals surface area contributed by atoms with Crippen molar-refractivity contribution in [1.82, 2.24) is 5.32 Å². The lowest BCUT2D eigenvalue weighted by atomic mass is 10.1. The average Bonchev–Trinajstić information content (AvgIpc) is 2.71. The SMILES string of the molecule is COC(=O)c1cccc(N(CC(=O)NCCc2ccc(OC)cc2)C(C)=O)c1. The summed E-state index contributed by atoms with van der Waals surface area (Å²) in [6, 6.07) is 14.0. The molecule has 0 fully saturated rings. The van der Waals surface area contributed by atoms with Gasteiger partial charge in [-0.05, 0) is 42.3 Å². The van der Waals surface area contributed by atoms with Crippen LogP contribution in [0.3, 0.4) is 0 Å². The quantitative estimate of drug-likeness (QED) is 0.706. The molecule has 28 heavy (non-hydrogen) atoms. The smallest absolute Gasteiger partial charge is 0.337 e. The Bertz CT molecular complexity index is 833. The number of carbonyl (C=O) groups excluding carboxylic acids is 3. The van der Waals surface area contributed by atoms with Crippen LogP contribution in [-0.2, 0) is 20.7 Å². The summed E-state index contributed by atoms with van der Waals surface area (Å²) in [5.74, 6) is -0.312. The highest BCUT2D eigenvalue weighted by Crippen LogP contribution is 2.17. The topological polar surface area (TPSA) is 84.9 Å². The van der Waals surface area contributed by atoms with Crippen molar-refractivity contribution < 1.29 is 23.9 Å². The summed E-state index contributed by atoms with van der Waals surface area (Å²) in [6.07, 6.45) is 0.660. The molecule has 2 amide bonds. The third kappa shape index (κ3) is 5.84.